The lowest BCUT2D eigenvalue weighted by Gasteiger charge is -2.33. The molecule has 220 valence electrons. The number of esters is 1. The largest absolute Gasteiger partial charge is 0.466 e. The fourth-order valence-corrected chi connectivity index (χ4v) is 8.41. The fraction of sp³-hybridized carbons (Fsp3) is 0.375. The predicted molar refractivity (Wildman–Crippen MR) is 139 cm³/mol. The van der Waals surface area contributed by atoms with E-state index in [1.54, 1.807) is 13.8 Å². The van der Waals surface area contributed by atoms with Crippen LogP contribution < -0.4 is 0 Å². The van der Waals surface area contributed by atoms with Gasteiger partial charge in [0.2, 0.25) is 0 Å². The molecule has 1 fully saturated rings. The number of nitrogens with zero attached hydrogens (tertiary/aromatic N) is 3. The molecule has 1 saturated heterocycles. The maximum atomic E-state index is 13.9. The summed E-state index contributed by atoms with van der Waals surface area (Å²) >= 11 is 0. The lowest BCUT2D eigenvalue weighted by molar-refractivity contribution is -0.385. The minimum atomic E-state index is -4.92. The zero-order chi connectivity index (χ0) is 30.3. The Morgan fingerprint density at radius 1 is 0.927 bits per heavy atom. The van der Waals surface area contributed by atoms with Crippen molar-refractivity contribution in [2.75, 3.05) is 13.7 Å². The number of fused-ring (bicyclic) bond motifs is 1. The van der Waals surface area contributed by atoms with Gasteiger partial charge in [0, 0.05) is 42.3 Å². The Bertz CT molecular complexity index is 1530. The maximum absolute atomic E-state index is 13.9. The molecule has 0 N–H and O–H groups in total. The van der Waals surface area contributed by atoms with E-state index >= 15 is 0 Å². The van der Waals surface area contributed by atoms with Crippen molar-refractivity contribution in [1.82, 2.24) is 3.71 Å². The van der Waals surface area contributed by atoms with Gasteiger partial charge in [-0.2, -0.15) is 0 Å². The predicted octanol–water partition coefficient (Wildman–Crippen LogP) is 2.52. The van der Waals surface area contributed by atoms with Gasteiger partial charge in [0.05, 0.1) is 32.9 Å². The minimum Gasteiger partial charge on any atom is -0.466 e. The van der Waals surface area contributed by atoms with Crippen molar-refractivity contribution >= 4 is 37.4 Å². The lowest BCUT2D eigenvalue weighted by atomic mass is 9.84. The number of carbonyl (C=O) groups is 1. The molecular formula is C24H25N3O12S2. The second-order valence-corrected chi connectivity index (χ2v) is 13.6. The number of nitro benzene ring substituents is 2. The van der Waals surface area contributed by atoms with Gasteiger partial charge >= 0.3 is 5.97 Å². The van der Waals surface area contributed by atoms with Gasteiger partial charge in [-0.1, -0.05) is 3.71 Å². The van der Waals surface area contributed by atoms with E-state index in [9.17, 15) is 41.9 Å². The number of rotatable bonds is 9. The average molecular weight is 612 g/mol. The highest BCUT2D eigenvalue weighted by atomic mass is 32.3. The van der Waals surface area contributed by atoms with Crippen LogP contribution in [-0.2, 0) is 39.1 Å². The summed E-state index contributed by atoms with van der Waals surface area (Å²) in [5.41, 5.74) is -0.716. The molecule has 17 heteroatoms. The first-order valence-electron chi connectivity index (χ1n) is 12.0. The number of carbonyl (C=O) groups excluding carboxylic acids is 1. The molecule has 3 atom stereocenters. The molecule has 0 aromatic heterocycles. The van der Waals surface area contributed by atoms with Crippen LogP contribution in [0.4, 0.5) is 11.4 Å². The van der Waals surface area contributed by atoms with Crippen molar-refractivity contribution in [2.24, 2.45) is 5.92 Å². The summed E-state index contributed by atoms with van der Waals surface area (Å²) in [6.07, 6.45) is -0.333. The van der Waals surface area contributed by atoms with Gasteiger partial charge in [0.1, 0.15) is 6.10 Å². The molecule has 1 heterocycles. The molecule has 15 nitrogen and oxygen atoms in total. The van der Waals surface area contributed by atoms with E-state index in [0.29, 0.717) is 0 Å². The third kappa shape index (κ3) is 5.98. The number of non-ortho nitro benzene ring substituents is 2. The smallest absolute Gasteiger partial charge is 0.333 e. The topological polar surface area (TPSA) is 203 Å². The fourth-order valence-electron chi connectivity index (χ4n) is 4.66. The minimum absolute atomic E-state index is 0.125. The van der Waals surface area contributed by atoms with E-state index in [4.69, 9.17) is 14.2 Å². The van der Waals surface area contributed by atoms with E-state index in [0.717, 1.165) is 55.6 Å². The quantitative estimate of drug-likeness (QED) is 0.228. The Morgan fingerprint density at radius 2 is 1.39 bits per heavy atom. The van der Waals surface area contributed by atoms with Crippen LogP contribution in [0.5, 0.6) is 0 Å². The number of methoxy groups -OCH3 is 1. The summed E-state index contributed by atoms with van der Waals surface area (Å²) in [5, 5.41) is 22.2. The van der Waals surface area contributed by atoms with Crippen molar-refractivity contribution in [3.8, 4) is 0 Å². The zero-order valence-electron chi connectivity index (χ0n) is 21.9. The van der Waals surface area contributed by atoms with Gasteiger partial charge in [0.15, 0.2) is 5.79 Å². The van der Waals surface area contributed by atoms with E-state index in [1.807, 2.05) is 0 Å². The van der Waals surface area contributed by atoms with E-state index < -0.39 is 87.5 Å². The molecule has 1 aliphatic heterocycles. The van der Waals surface area contributed by atoms with Crippen LogP contribution in [-0.4, -0.2) is 68.0 Å². The summed E-state index contributed by atoms with van der Waals surface area (Å²) < 4.78 is 72.3. The van der Waals surface area contributed by atoms with Crippen molar-refractivity contribution in [1.29, 1.82) is 0 Å². The lowest BCUT2D eigenvalue weighted by Crippen LogP contribution is -2.46. The van der Waals surface area contributed by atoms with Crippen molar-refractivity contribution in [3.63, 3.8) is 0 Å². The Hall–Kier alpha value is -3.77. The number of hydrogen-bond donors (Lipinski definition) is 0. The summed E-state index contributed by atoms with van der Waals surface area (Å²) in [6.45, 7) is 2.48. The van der Waals surface area contributed by atoms with Gasteiger partial charge in [-0.3, -0.25) is 20.2 Å². The Morgan fingerprint density at radius 3 is 1.80 bits per heavy atom. The molecule has 41 heavy (non-hydrogen) atoms. The molecule has 0 bridgehead atoms. The number of nitro groups is 2. The molecule has 2 aromatic carbocycles. The number of benzene rings is 2. The van der Waals surface area contributed by atoms with Crippen LogP contribution in [0.15, 0.2) is 70.0 Å². The highest BCUT2D eigenvalue weighted by molar-refractivity contribution is 8.04. The van der Waals surface area contributed by atoms with Crippen LogP contribution in [0.1, 0.15) is 20.3 Å². The second-order valence-electron chi connectivity index (χ2n) is 9.68. The monoisotopic (exact) mass is 611 g/mol. The third-order valence-electron chi connectivity index (χ3n) is 6.53. The molecule has 2 aromatic rings. The molecule has 0 amide bonds. The molecular weight excluding hydrogens is 586 g/mol. The number of sulfonamides is 2. The highest BCUT2D eigenvalue weighted by Gasteiger charge is 2.50. The van der Waals surface area contributed by atoms with Crippen molar-refractivity contribution < 1.29 is 45.7 Å². The van der Waals surface area contributed by atoms with Crippen LogP contribution in [0, 0.1) is 26.1 Å². The molecule has 0 spiro atoms. The summed E-state index contributed by atoms with van der Waals surface area (Å²) in [7, 11) is -8.68. The molecule has 2 aliphatic rings. The average Bonchev–Trinajstić information content (AvgIpc) is 3.24. The molecule has 1 aliphatic carbocycles. The number of ether oxygens (including phenoxy) is 3. The first-order valence-corrected chi connectivity index (χ1v) is 14.9. The van der Waals surface area contributed by atoms with E-state index in [2.05, 4.69) is 0 Å². The van der Waals surface area contributed by atoms with Crippen molar-refractivity contribution in [2.45, 2.75) is 48.1 Å². The Balaban J connectivity index is 1.82. The molecule has 0 saturated carbocycles. The zero-order valence-corrected chi connectivity index (χ0v) is 23.5. The first kappa shape index (κ1) is 30.2. The number of hydrogen-bond acceptors (Lipinski definition) is 12. The Labute approximate surface area is 234 Å². The normalized spacial score (nSPS) is 22.0. The second kappa shape index (κ2) is 10.9. The summed E-state index contributed by atoms with van der Waals surface area (Å²) in [5.74, 6) is -2.80. The van der Waals surface area contributed by atoms with Gasteiger partial charge in [0.25, 0.3) is 31.4 Å². The van der Waals surface area contributed by atoms with Gasteiger partial charge in [-0.15, -0.1) is 0 Å². The highest BCUT2D eigenvalue weighted by Crippen LogP contribution is 2.41. The van der Waals surface area contributed by atoms with Crippen LogP contribution in [0.25, 0.3) is 0 Å². The van der Waals surface area contributed by atoms with Crippen LogP contribution in [0.2, 0.25) is 0 Å². The third-order valence-corrected chi connectivity index (χ3v) is 10.8. The Kier molecular flexibility index (Phi) is 8.03. The summed E-state index contributed by atoms with van der Waals surface area (Å²) in [6, 6.07) is 7.23. The van der Waals surface area contributed by atoms with Crippen LogP contribution >= 0.6 is 0 Å². The van der Waals surface area contributed by atoms with Crippen LogP contribution in [0.3, 0.4) is 0 Å². The molecule has 4 rings (SSSR count). The van der Waals surface area contributed by atoms with Gasteiger partial charge in [-0.05, 0) is 50.6 Å². The van der Waals surface area contributed by atoms with E-state index in [-0.39, 0.29) is 15.7 Å². The van der Waals surface area contributed by atoms with E-state index in [1.165, 1.54) is 6.08 Å². The van der Waals surface area contributed by atoms with Gasteiger partial charge < -0.3 is 14.2 Å². The van der Waals surface area contributed by atoms with Gasteiger partial charge in [-0.25, -0.2) is 21.6 Å². The van der Waals surface area contributed by atoms with Crippen molar-refractivity contribution in [3.05, 3.63) is 80.4 Å². The summed E-state index contributed by atoms with van der Waals surface area (Å²) in [4.78, 5) is 32.0. The standard InChI is InChI=1S/C24H25N3O12S2/c1-24(2)38-21-13-15(23(28)37-3)12-16(22(21)39-24)14-25(40(33,34)19-8-4-17(5-9-19)26(29)30)41(35,36)20-10-6-18(7-11-20)27(31)32/h4-11,13,16,21-22H,12,14H2,1-3H3/t16-,21+,22-/m0/s1. The SMILES string of the molecule is COC(=O)C1=C[C@H]2OC(C)(C)O[C@H]2[C@H](CN(S(=O)(=O)c2ccc([N+](=O)[O-])cc2)S(=O)(=O)c2ccc([N+](=O)[O-])cc2)C1. The first-order chi connectivity index (χ1) is 19.1. The molecule has 0 radical (unpaired) electrons. The molecule has 0 unspecified atom stereocenters. The maximum Gasteiger partial charge on any atom is 0.333 e.